The van der Waals surface area contributed by atoms with E-state index < -0.39 is 11.7 Å². The molecule has 1 saturated heterocycles. The van der Waals surface area contributed by atoms with Gasteiger partial charge in [0.25, 0.3) is 0 Å². The fourth-order valence-corrected chi connectivity index (χ4v) is 4.67. The highest BCUT2D eigenvalue weighted by molar-refractivity contribution is 5.80. The van der Waals surface area contributed by atoms with Crippen LogP contribution in [0, 0.1) is 5.92 Å². The number of carbonyl (C=O) groups excluding carboxylic acids is 1. The zero-order valence-electron chi connectivity index (χ0n) is 18.1. The second-order valence-corrected chi connectivity index (χ2v) is 8.71. The number of hydrogen-bond donors (Lipinski definition) is 1. The molecule has 2 aromatic rings. The Morgan fingerprint density at radius 3 is 2.41 bits per heavy atom. The number of methoxy groups -OCH3 is 1. The minimum atomic E-state index is -4.36. The molecule has 0 radical (unpaired) electrons. The van der Waals surface area contributed by atoms with Crippen LogP contribution in [0.1, 0.15) is 54.7 Å². The number of nitrogens with one attached hydrogen (secondary N) is 1. The molecule has 2 atom stereocenters. The molecule has 2 aliphatic rings. The van der Waals surface area contributed by atoms with Gasteiger partial charge in [0.05, 0.1) is 18.8 Å². The van der Waals surface area contributed by atoms with E-state index in [0.29, 0.717) is 25.1 Å². The number of carbonyl (C=O) groups is 1. The summed E-state index contributed by atoms with van der Waals surface area (Å²) in [4.78, 5) is 12.5. The van der Waals surface area contributed by atoms with Crippen molar-refractivity contribution in [1.82, 2.24) is 5.32 Å². The third-order valence-corrected chi connectivity index (χ3v) is 6.48. The third kappa shape index (κ3) is 5.19. The molecule has 32 heavy (non-hydrogen) atoms. The second kappa shape index (κ2) is 9.43. The first-order chi connectivity index (χ1) is 15.3. The van der Waals surface area contributed by atoms with Crippen LogP contribution in [0.15, 0.2) is 42.5 Å². The van der Waals surface area contributed by atoms with Gasteiger partial charge >= 0.3 is 6.18 Å². The summed E-state index contributed by atoms with van der Waals surface area (Å²) >= 11 is 0. The summed E-state index contributed by atoms with van der Waals surface area (Å²) in [5.41, 5.74) is 1.11. The molecule has 2 aromatic carbocycles. The SMILES string of the molecule is COc1ccc([C@H]2CNC(=O)[C@H](Cc3ccc(C(F)(F)F)cc3)C2)cc1OC1CCCC1. The van der Waals surface area contributed by atoms with Gasteiger partial charge in [0.2, 0.25) is 5.91 Å². The van der Waals surface area contributed by atoms with Crippen molar-refractivity contribution in [3.8, 4) is 11.5 Å². The number of amides is 1. The Kier molecular flexibility index (Phi) is 6.63. The maximum absolute atomic E-state index is 12.8. The lowest BCUT2D eigenvalue weighted by atomic mass is 9.82. The summed E-state index contributed by atoms with van der Waals surface area (Å²) < 4.78 is 50.1. The zero-order chi connectivity index (χ0) is 22.7. The van der Waals surface area contributed by atoms with Gasteiger partial charge in [-0.2, -0.15) is 13.2 Å². The number of hydrogen-bond acceptors (Lipinski definition) is 3. The maximum Gasteiger partial charge on any atom is 0.416 e. The van der Waals surface area contributed by atoms with Gasteiger partial charge in [0, 0.05) is 18.4 Å². The second-order valence-electron chi connectivity index (χ2n) is 8.71. The molecule has 4 nitrogen and oxygen atoms in total. The Morgan fingerprint density at radius 1 is 1.03 bits per heavy atom. The van der Waals surface area contributed by atoms with Crippen molar-refractivity contribution in [2.75, 3.05) is 13.7 Å². The minimum absolute atomic E-state index is 0.0583. The molecule has 0 aromatic heterocycles. The molecular weight excluding hydrogens is 419 g/mol. The standard InChI is InChI=1S/C25H28F3NO3/c1-31-22-11-8-17(14-23(22)32-21-4-2-3-5-21)19-13-18(24(30)29-15-19)12-16-6-9-20(10-7-16)25(26,27)28/h6-11,14,18-19,21H,2-5,12-13,15H2,1H3,(H,29,30)/t18-,19-/m1/s1. The number of ether oxygens (including phenoxy) is 2. The first-order valence-electron chi connectivity index (χ1n) is 11.1. The van der Waals surface area contributed by atoms with Crippen molar-refractivity contribution < 1.29 is 27.4 Å². The van der Waals surface area contributed by atoms with Gasteiger partial charge in [-0.1, -0.05) is 18.2 Å². The van der Waals surface area contributed by atoms with E-state index in [1.54, 1.807) is 7.11 Å². The average molecular weight is 447 g/mol. The largest absolute Gasteiger partial charge is 0.493 e. The molecule has 0 spiro atoms. The Bertz CT molecular complexity index is 936. The molecular formula is C25H28F3NO3. The smallest absolute Gasteiger partial charge is 0.416 e. The molecule has 4 rings (SSSR count). The summed E-state index contributed by atoms with van der Waals surface area (Å²) in [6, 6.07) is 11.0. The Hall–Kier alpha value is -2.70. The van der Waals surface area contributed by atoms with Gasteiger partial charge in [0.1, 0.15) is 0 Å². The first kappa shape index (κ1) is 22.5. The van der Waals surface area contributed by atoms with Gasteiger partial charge in [-0.3, -0.25) is 4.79 Å². The van der Waals surface area contributed by atoms with E-state index in [1.807, 2.05) is 18.2 Å². The van der Waals surface area contributed by atoms with E-state index in [0.717, 1.165) is 41.9 Å². The van der Waals surface area contributed by atoms with Crippen LogP contribution in [-0.2, 0) is 17.4 Å². The van der Waals surface area contributed by atoms with Crippen LogP contribution < -0.4 is 14.8 Å². The van der Waals surface area contributed by atoms with Crippen LogP contribution in [0.3, 0.4) is 0 Å². The molecule has 2 fully saturated rings. The molecule has 172 valence electrons. The van der Waals surface area contributed by atoms with Crippen LogP contribution in [-0.4, -0.2) is 25.7 Å². The van der Waals surface area contributed by atoms with Crippen molar-refractivity contribution in [1.29, 1.82) is 0 Å². The van der Waals surface area contributed by atoms with Gasteiger partial charge in [-0.15, -0.1) is 0 Å². The molecule has 1 heterocycles. The molecule has 0 bridgehead atoms. The summed E-state index contributed by atoms with van der Waals surface area (Å²) in [6.45, 7) is 0.525. The fourth-order valence-electron chi connectivity index (χ4n) is 4.67. The van der Waals surface area contributed by atoms with Crippen molar-refractivity contribution in [2.24, 2.45) is 5.92 Å². The van der Waals surface area contributed by atoms with Crippen molar-refractivity contribution in [3.05, 3.63) is 59.2 Å². The number of piperidine rings is 1. The van der Waals surface area contributed by atoms with Crippen LogP contribution in [0.5, 0.6) is 11.5 Å². The summed E-state index contributed by atoms with van der Waals surface area (Å²) in [6.07, 6.45) is 1.31. The molecule has 0 unspecified atom stereocenters. The highest BCUT2D eigenvalue weighted by atomic mass is 19.4. The molecule has 7 heteroatoms. The predicted octanol–water partition coefficient (Wildman–Crippen LogP) is 5.50. The lowest BCUT2D eigenvalue weighted by Gasteiger charge is -2.30. The molecule has 1 aliphatic carbocycles. The van der Waals surface area contributed by atoms with E-state index in [1.165, 1.54) is 25.0 Å². The Morgan fingerprint density at radius 2 is 1.75 bits per heavy atom. The predicted molar refractivity (Wildman–Crippen MR) is 115 cm³/mol. The van der Waals surface area contributed by atoms with Crippen LogP contribution in [0.25, 0.3) is 0 Å². The fraction of sp³-hybridized carbons (Fsp3) is 0.480. The van der Waals surface area contributed by atoms with Gasteiger partial charge in [-0.05, 0) is 73.9 Å². The molecule has 1 saturated carbocycles. The normalized spacial score (nSPS) is 21.9. The summed E-state index contributed by atoms with van der Waals surface area (Å²) in [5, 5.41) is 2.97. The van der Waals surface area contributed by atoms with E-state index in [4.69, 9.17) is 9.47 Å². The van der Waals surface area contributed by atoms with E-state index in [2.05, 4.69) is 5.32 Å². The van der Waals surface area contributed by atoms with Crippen LogP contribution >= 0.6 is 0 Å². The quantitative estimate of drug-likeness (QED) is 0.636. The highest BCUT2D eigenvalue weighted by Crippen LogP contribution is 2.37. The molecule has 1 N–H and O–H groups in total. The lowest BCUT2D eigenvalue weighted by Crippen LogP contribution is -2.41. The summed E-state index contributed by atoms with van der Waals surface area (Å²) in [5.74, 6) is 1.17. The van der Waals surface area contributed by atoms with E-state index in [-0.39, 0.29) is 23.8 Å². The average Bonchev–Trinajstić information content (AvgIpc) is 3.28. The van der Waals surface area contributed by atoms with Crippen molar-refractivity contribution in [2.45, 2.75) is 56.7 Å². The Labute approximate surface area is 186 Å². The van der Waals surface area contributed by atoms with E-state index >= 15 is 0 Å². The van der Waals surface area contributed by atoms with Gasteiger partial charge in [0.15, 0.2) is 11.5 Å². The topological polar surface area (TPSA) is 47.6 Å². The molecule has 1 aliphatic heterocycles. The lowest BCUT2D eigenvalue weighted by molar-refractivity contribution is -0.137. The molecule has 1 amide bonds. The highest BCUT2D eigenvalue weighted by Gasteiger charge is 2.32. The third-order valence-electron chi connectivity index (χ3n) is 6.48. The Balaban J connectivity index is 1.47. The number of benzene rings is 2. The maximum atomic E-state index is 12.8. The van der Waals surface area contributed by atoms with E-state index in [9.17, 15) is 18.0 Å². The number of alkyl halides is 3. The van der Waals surface area contributed by atoms with Crippen LogP contribution in [0.4, 0.5) is 13.2 Å². The van der Waals surface area contributed by atoms with Crippen molar-refractivity contribution >= 4 is 5.91 Å². The van der Waals surface area contributed by atoms with Gasteiger partial charge < -0.3 is 14.8 Å². The van der Waals surface area contributed by atoms with Crippen LogP contribution in [0.2, 0.25) is 0 Å². The first-order valence-corrected chi connectivity index (χ1v) is 11.1. The van der Waals surface area contributed by atoms with Crippen molar-refractivity contribution in [3.63, 3.8) is 0 Å². The van der Waals surface area contributed by atoms with Gasteiger partial charge in [-0.25, -0.2) is 0 Å². The number of halogens is 3. The summed E-state index contributed by atoms with van der Waals surface area (Å²) in [7, 11) is 1.62. The minimum Gasteiger partial charge on any atom is -0.493 e. The number of rotatable bonds is 6. The monoisotopic (exact) mass is 447 g/mol. The zero-order valence-corrected chi connectivity index (χ0v) is 18.1.